The molecule has 1 fully saturated rings. The molecule has 124 valence electrons. The Labute approximate surface area is 141 Å². The van der Waals surface area contributed by atoms with Gasteiger partial charge in [0.25, 0.3) is 0 Å². The van der Waals surface area contributed by atoms with Crippen molar-refractivity contribution in [3.63, 3.8) is 0 Å². The van der Waals surface area contributed by atoms with Crippen LogP contribution in [0.25, 0.3) is 0 Å². The molecule has 1 aromatic rings. The SMILES string of the molecule is Cl.O=C(CC1CCNCC1)Nc1ccc(Br)c(C(F)(F)F)c1. The standard InChI is InChI=1S/C14H16BrF3N2O.ClH/c15-12-2-1-10(8-11(12)14(16,17)18)20-13(21)7-9-3-5-19-6-4-9;/h1-2,8-9,19H,3-7H2,(H,20,21);1H. The van der Waals surface area contributed by atoms with E-state index in [9.17, 15) is 18.0 Å². The molecule has 0 aliphatic carbocycles. The first-order chi connectivity index (χ1) is 9.86. The Bertz CT molecular complexity index is 519. The summed E-state index contributed by atoms with van der Waals surface area (Å²) in [7, 11) is 0. The summed E-state index contributed by atoms with van der Waals surface area (Å²) in [5, 5.41) is 5.75. The van der Waals surface area contributed by atoms with Gasteiger partial charge in [-0.1, -0.05) is 15.9 Å². The first-order valence-electron chi connectivity index (χ1n) is 6.73. The molecule has 1 aliphatic heterocycles. The van der Waals surface area contributed by atoms with Gasteiger partial charge in [-0.05, 0) is 50.0 Å². The lowest BCUT2D eigenvalue weighted by atomic mass is 9.94. The zero-order valence-corrected chi connectivity index (χ0v) is 14.1. The summed E-state index contributed by atoms with van der Waals surface area (Å²) in [4.78, 5) is 11.9. The third-order valence-corrected chi connectivity index (χ3v) is 4.18. The number of hydrogen-bond acceptors (Lipinski definition) is 2. The van der Waals surface area contributed by atoms with E-state index in [1.54, 1.807) is 0 Å². The average molecular weight is 402 g/mol. The maximum atomic E-state index is 12.8. The number of amides is 1. The zero-order chi connectivity index (χ0) is 15.5. The van der Waals surface area contributed by atoms with Crippen molar-refractivity contribution in [2.24, 2.45) is 5.92 Å². The Morgan fingerprint density at radius 1 is 1.32 bits per heavy atom. The Hall–Kier alpha value is -0.790. The minimum atomic E-state index is -4.45. The highest BCUT2D eigenvalue weighted by molar-refractivity contribution is 9.10. The van der Waals surface area contributed by atoms with Gasteiger partial charge in [0, 0.05) is 16.6 Å². The minimum Gasteiger partial charge on any atom is -0.326 e. The molecular formula is C14H17BrClF3N2O. The van der Waals surface area contributed by atoms with Crippen LogP contribution in [-0.4, -0.2) is 19.0 Å². The van der Waals surface area contributed by atoms with Gasteiger partial charge < -0.3 is 10.6 Å². The summed E-state index contributed by atoms with van der Waals surface area (Å²) in [5.41, 5.74) is -0.619. The van der Waals surface area contributed by atoms with Gasteiger partial charge in [0.1, 0.15) is 0 Å². The van der Waals surface area contributed by atoms with Gasteiger partial charge in [-0.15, -0.1) is 12.4 Å². The van der Waals surface area contributed by atoms with E-state index in [-0.39, 0.29) is 28.5 Å². The Balaban J connectivity index is 0.00000242. The van der Waals surface area contributed by atoms with E-state index in [1.165, 1.54) is 12.1 Å². The third-order valence-electron chi connectivity index (χ3n) is 3.49. The molecular weight excluding hydrogens is 385 g/mol. The lowest BCUT2D eigenvalue weighted by Crippen LogP contribution is -2.30. The van der Waals surface area contributed by atoms with Gasteiger partial charge in [-0.3, -0.25) is 4.79 Å². The fraction of sp³-hybridized carbons (Fsp3) is 0.500. The van der Waals surface area contributed by atoms with Crippen LogP contribution in [0.15, 0.2) is 22.7 Å². The topological polar surface area (TPSA) is 41.1 Å². The molecule has 0 saturated carbocycles. The number of carbonyl (C=O) groups excluding carboxylic acids is 1. The predicted molar refractivity (Wildman–Crippen MR) is 85.2 cm³/mol. The molecule has 0 unspecified atom stereocenters. The molecule has 3 nitrogen and oxygen atoms in total. The Kier molecular flexibility index (Phi) is 7.15. The van der Waals surface area contributed by atoms with Crippen molar-refractivity contribution in [2.75, 3.05) is 18.4 Å². The molecule has 2 N–H and O–H groups in total. The van der Waals surface area contributed by atoms with Crippen LogP contribution in [0.1, 0.15) is 24.8 Å². The van der Waals surface area contributed by atoms with Gasteiger partial charge in [0.05, 0.1) is 5.56 Å². The first-order valence-corrected chi connectivity index (χ1v) is 7.53. The van der Waals surface area contributed by atoms with Crippen molar-refractivity contribution in [1.29, 1.82) is 0 Å². The van der Waals surface area contributed by atoms with Crippen molar-refractivity contribution in [1.82, 2.24) is 5.32 Å². The quantitative estimate of drug-likeness (QED) is 0.796. The van der Waals surface area contributed by atoms with Crippen LogP contribution in [0.2, 0.25) is 0 Å². The van der Waals surface area contributed by atoms with Crippen molar-refractivity contribution in [3.8, 4) is 0 Å². The summed E-state index contributed by atoms with van der Waals surface area (Å²) in [6, 6.07) is 3.70. The fourth-order valence-electron chi connectivity index (χ4n) is 2.38. The fourth-order valence-corrected chi connectivity index (χ4v) is 2.85. The molecule has 1 heterocycles. The van der Waals surface area contributed by atoms with Crippen LogP contribution in [0.4, 0.5) is 18.9 Å². The van der Waals surface area contributed by atoms with Crippen molar-refractivity contribution < 1.29 is 18.0 Å². The highest BCUT2D eigenvalue weighted by Gasteiger charge is 2.33. The van der Waals surface area contributed by atoms with Crippen LogP contribution >= 0.6 is 28.3 Å². The molecule has 0 bridgehead atoms. The van der Waals surface area contributed by atoms with E-state index >= 15 is 0 Å². The van der Waals surface area contributed by atoms with Gasteiger partial charge in [0.2, 0.25) is 5.91 Å². The summed E-state index contributed by atoms with van der Waals surface area (Å²) >= 11 is 2.87. The highest BCUT2D eigenvalue weighted by Crippen LogP contribution is 2.36. The summed E-state index contributed by atoms with van der Waals surface area (Å²) in [6.45, 7) is 1.77. The molecule has 2 rings (SSSR count). The van der Waals surface area contributed by atoms with Crippen molar-refractivity contribution >= 4 is 39.9 Å². The number of piperidine rings is 1. The van der Waals surface area contributed by atoms with Crippen molar-refractivity contribution in [3.05, 3.63) is 28.2 Å². The van der Waals surface area contributed by atoms with E-state index in [4.69, 9.17) is 0 Å². The molecule has 0 radical (unpaired) electrons. The van der Waals surface area contributed by atoms with Gasteiger partial charge in [0.15, 0.2) is 0 Å². The molecule has 1 amide bonds. The molecule has 1 aromatic carbocycles. The van der Waals surface area contributed by atoms with Crippen LogP contribution in [0.3, 0.4) is 0 Å². The lowest BCUT2D eigenvalue weighted by molar-refractivity contribution is -0.138. The van der Waals surface area contributed by atoms with E-state index < -0.39 is 11.7 Å². The summed E-state index contributed by atoms with van der Waals surface area (Å²) in [6.07, 6.45) is -2.27. The molecule has 1 saturated heterocycles. The Morgan fingerprint density at radius 2 is 1.95 bits per heavy atom. The van der Waals surface area contributed by atoms with Crippen molar-refractivity contribution in [2.45, 2.75) is 25.4 Å². The van der Waals surface area contributed by atoms with Crippen LogP contribution in [0.5, 0.6) is 0 Å². The molecule has 0 aromatic heterocycles. The maximum absolute atomic E-state index is 12.8. The number of halogens is 5. The number of rotatable bonds is 3. The van der Waals surface area contributed by atoms with Gasteiger partial charge in [-0.2, -0.15) is 13.2 Å². The largest absolute Gasteiger partial charge is 0.417 e. The van der Waals surface area contributed by atoms with E-state index in [0.29, 0.717) is 12.3 Å². The smallest absolute Gasteiger partial charge is 0.326 e. The molecule has 22 heavy (non-hydrogen) atoms. The van der Waals surface area contributed by atoms with Crippen LogP contribution in [0, 0.1) is 5.92 Å². The van der Waals surface area contributed by atoms with Gasteiger partial charge >= 0.3 is 6.18 Å². The summed E-state index contributed by atoms with van der Waals surface area (Å²) < 4.78 is 38.3. The predicted octanol–water partition coefficient (Wildman–Crippen LogP) is 4.22. The molecule has 0 atom stereocenters. The normalized spacial score (nSPS) is 16.0. The number of anilines is 1. The molecule has 8 heteroatoms. The molecule has 0 spiro atoms. The number of alkyl halides is 3. The van der Waals surface area contributed by atoms with Crippen LogP contribution < -0.4 is 10.6 Å². The van der Waals surface area contributed by atoms with E-state index in [2.05, 4.69) is 26.6 Å². The Morgan fingerprint density at radius 3 is 2.55 bits per heavy atom. The number of nitrogens with one attached hydrogen (secondary N) is 2. The monoisotopic (exact) mass is 400 g/mol. The second-order valence-corrected chi connectivity index (χ2v) is 5.99. The average Bonchev–Trinajstić information content (AvgIpc) is 2.41. The van der Waals surface area contributed by atoms with Crippen LogP contribution in [-0.2, 0) is 11.0 Å². The third kappa shape index (κ3) is 5.44. The van der Waals surface area contributed by atoms with E-state index in [0.717, 1.165) is 32.0 Å². The minimum absolute atomic E-state index is 0. The maximum Gasteiger partial charge on any atom is 0.417 e. The zero-order valence-electron chi connectivity index (χ0n) is 11.7. The molecule has 1 aliphatic rings. The first kappa shape index (κ1) is 19.3. The second-order valence-electron chi connectivity index (χ2n) is 5.14. The second kappa shape index (κ2) is 8.17. The van der Waals surface area contributed by atoms with E-state index in [1.807, 2.05) is 0 Å². The lowest BCUT2D eigenvalue weighted by Gasteiger charge is -2.22. The summed E-state index contributed by atoms with van der Waals surface area (Å²) in [5.74, 6) is 0.0566. The number of benzene rings is 1. The number of hydrogen-bond donors (Lipinski definition) is 2. The van der Waals surface area contributed by atoms with Gasteiger partial charge in [-0.25, -0.2) is 0 Å². The highest BCUT2D eigenvalue weighted by atomic mass is 79.9. The number of carbonyl (C=O) groups is 1.